The van der Waals surface area contributed by atoms with E-state index >= 15 is 0 Å². The highest BCUT2D eigenvalue weighted by molar-refractivity contribution is 5.85. The average molecular weight is 259 g/mol. The summed E-state index contributed by atoms with van der Waals surface area (Å²) in [6.45, 7) is 2.28. The van der Waals surface area contributed by atoms with Crippen LogP contribution in [0.4, 0.5) is 5.69 Å². The van der Waals surface area contributed by atoms with Crippen molar-refractivity contribution in [1.82, 2.24) is 0 Å². The first-order chi connectivity index (χ1) is 7.50. The molecule has 1 aromatic rings. The topological polar surface area (TPSA) is 78.4 Å². The molecule has 0 aliphatic heterocycles. The molecule has 2 N–H and O–H groups in total. The fourth-order valence-corrected chi connectivity index (χ4v) is 1.38. The van der Waals surface area contributed by atoms with Crippen LogP contribution in [0.5, 0.6) is 5.75 Å². The highest BCUT2D eigenvalue weighted by Gasteiger charge is 2.39. The molecule has 0 radical (unpaired) electrons. The van der Waals surface area contributed by atoms with Gasteiger partial charge in [0.25, 0.3) is 5.69 Å². The van der Waals surface area contributed by atoms with Gasteiger partial charge in [-0.05, 0) is 31.4 Å². The van der Waals surface area contributed by atoms with Crippen LogP contribution in [0.1, 0.15) is 18.4 Å². The zero-order valence-corrected chi connectivity index (χ0v) is 10.3. The second-order valence-corrected chi connectivity index (χ2v) is 4.36. The molecule has 1 saturated carbocycles. The van der Waals surface area contributed by atoms with Gasteiger partial charge in [-0.1, -0.05) is 0 Å². The van der Waals surface area contributed by atoms with Gasteiger partial charge < -0.3 is 10.5 Å². The van der Waals surface area contributed by atoms with Gasteiger partial charge in [0.1, 0.15) is 12.4 Å². The summed E-state index contributed by atoms with van der Waals surface area (Å²) in [5.41, 5.74) is 6.60. The molecule has 0 aromatic heterocycles. The standard InChI is InChI=1S/C11H14N2O3.ClH/c1-8-2-3-9(13(14)15)6-10(8)16-7-11(12)4-5-11;/h2-3,6H,4-5,7,12H2,1H3;1H. The minimum Gasteiger partial charge on any atom is -0.491 e. The Labute approximate surface area is 106 Å². The van der Waals surface area contributed by atoms with Crippen molar-refractivity contribution in [2.75, 3.05) is 6.61 Å². The van der Waals surface area contributed by atoms with Gasteiger partial charge >= 0.3 is 0 Å². The monoisotopic (exact) mass is 258 g/mol. The minimum absolute atomic E-state index is 0. The third kappa shape index (κ3) is 3.31. The zero-order chi connectivity index (χ0) is 11.8. The lowest BCUT2D eigenvalue weighted by Crippen LogP contribution is -2.29. The molecule has 0 unspecified atom stereocenters. The Balaban J connectivity index is 0.00000144. The van der Waals surface area contributed by atoms with Crippen molar-refractivity contribution in [1.29, 1.82) is 0 Å². The summed E-state index contributed by atoms with van der Waals surface area (Å²) in [7, 11) is 0. The van der Waals surface area contributed by atoms with E-state index in [1.807, 2.05) is 6.92 Å². The number of benzene rings is 1. The first-order valence-corrected chi connectivity index (χ1v) is 5.17. The Morgan fingerprint density at radius 1 is 1.53 bits per heavy atom. The molecule has 0 atom stereocenters. The van der Waals surface area contributed by atoms with Crippen molar-refractivity contribution in [2.45, 2.75) is 25.3 Å². The summed E-state index contributed by atoms with van der Waals surface area (Å²) in [6, 6.07) is 4.60. The summed E-state index contributed by atoms with van der Waals surface area (Å²) in [6.07, 6.45) is 1.92. The average Bonchev–Trinajstić information content (AvgIpc) is 2.95. The Morgan fingerprint density at radius 2 is 2.18 bits per heavy atom. The van der Waals surface area contributed by atoms with Crippen LogP contribution in [0.2, 0.25) is 0 Å². The number of ether oxygens (including phenoxy) is 1. The van der Waals surface area contributed by atoms with E-state index in [1.165, 1.54) is 12.1 Å². The van der Waals surface area contributed by atoms with E-state index in [0.29, 0.717) is 12.4 Å². The number of nitrogens with two attached hydrogens (primary N) is 1. The second kappa shape index (κ2) is 4.89. The molecule has 5 nitrogen and oxygen atoms in total. The molecule has 0 amide bonds. The fraction of sp³-hybridized carbons (Fsp3) is 0.455. The van der Waals surface area contributed by atoms with Gasteiger partial charge in [0.05, 0.1) is 16.5 Å². The molecule has 1 aliphatic rings. The highest BCUT2D eigenvalue weighted by Crippen LogP contribution is 2.33. The van der Waals surface area contributed by atoms with E-state index < -0.39 is 4.92 Å². The van der Waals surface area contributed by atoms with Gasteiger partial charge in [-0.2, -0.15) is 0 Å². The molecule has 6 heteroatoms. The third-order valence-electron chi connectivity index (χ3n) is 2.79. The van der Waals surface area contributed by atoms with Crippen LogP contribution in [0.15, 0.2) is 18.2 Å². The lowest BCUT2D eigenvalue weighted by atomic mass is 10.2. The molecular formula is C11H15ClN2O3. The van der Waals surface area contributed by atoms with Crippen LogP contribution >= 0.6 is 12.4 Å². The molecule has 1 aliphatic carbocycles. The van der Waals surface area contributed by atoms with Gasteiger partial charge in [0.15, 0.2) is 0 Å². The molecule has 0 spiro atoms. The summed E-state index contributed by atoms with van der Waals surface area (Å²) in [5.74, 6) is 0.547. The van der Waals surface area contributed by atoms with Crippen LogP contribution in [-0.4, -0.2) is 17.1 Å². The predicted octanol–water partition coefficient (Wildman–Crippen LogP) is 2.20. The number of nitro benzene ring substituents is 1. The fourth-order valence-electron chi connectivity index (χ4n) is 1.38. The third-order valence-corrected chi connectivity index (χ3v) is 2.79. The van der Waals surface area contributed by atoms with Crippen molar-refractivity contribution in [3.8, 4) is 5.75 Å². The van der Waals surface area contributed by atoms with E-state index in [0.717, 1.165) is 18.4 Å². The number of hydrogen-bond acceptors (Lipinski definition) is 4. The minimum atomic E-state index is -0.429. The van der Waals surface area contributed by atoms with E-state index in [-0.39, 0.29) is 23.6 Å². The van der Waals surface area contributed by atoms with Crippen LogP contribution in [-0.2, 0) is 0 Å². The molecule has 2 rings (SSSR count). The van der Waals surface area contributed by atoms with Gasteiger partial charge in [0, 0.05) is 6.07 Å². The first-order valence-electron chi connectivity index (χ1n) is 5.17. The second-order valence-electron chi connectivity index (χ2n) is 4.36. The Kier molecular flexibility index (Phi) is 3.95. The maximum absolute atomic E-state index is 10.6. The van der Waals surface area contributed by atoms with Crippen molar-refractivity contribution >= 4 is 18.1 Å². The lowest BCUT2D eigenvalue weighted by Gasteiger charge is -2.12. The van der Waals surface area contributed by atoms with Gasteiger partial charge in [0.2, 0.25) is 0 Å². The van der Waals surface area contributed by atoms with Crippen LogP contribution in [0, 0.1) is 17.0 Å². The van der Waals surface area contributed by atoms with Crippen LogP contribution in [0.25, 0.3) is 0 Å². The van der Waals surface area contributed by atoms with Crippen molar-refractivity contribution in [3.63, 3.8) is 0 Å². The normalized spacial score (nSPS) is 15.9. The molecular weight excluding hydrogens is 244 g/mol. The number of non-ortho nitro benzene ring substituents is 1. The van der Waals surface area contributed by atoms with Gasteiger partial charge in [-0.25, -0.2) is 0 Å². The van der Waals surface area contributed by atoms with Crippen molar-refractivity contribution in [2.24, 2.45) is 5.73 Å². The van der Waals surface area contributed by atoms with E-state index in [9.17, 15) is 10.1 Å². The number of nitro groups is 1. The molecule has 94 valence electrons. The molecule has 0 heterocycles. The van der Waals surface area contributed by atoms with Crippen molar-refractivity contribution < 1.29 is 9.66 Å². The number of aryl methyl sites for hydroxylation is 1. The maximum Gasteiger partial charge on any atom is 0.273 e. The first kappa shape index (κ1) is 13.7. The van der Waals surface area contributed by atoms with Crippen LogP contribution < -0.4 is 10.5 Å². The number of halogens is 1. The Hall–Kier alpha value is -1.33. The molecule has 1 fully saturated rings. The smallest absolute Gasteiger partial charge is 0.273 e. The molecule has 0 saturated heterocycles. The molecule has 17 heavy (non-hydrogen) atoms. The lowest BCUT2D eigenvalue weighted by molar-refractivity contribution is -0.385. The maximum atomic E-state index is 10.6. The van der Waals surface area contributed by atoms with Crippen LogP contribution in [0.3, 0.4) is 0 Å². The quantitative estimate of drug-likeness (QED) is 0.663. The van der Waals surface area contributed by atoms with E-state index in [2.05, 4.69) is 0 Å². The largest absolute Gasteiger partial charge is 0.491 e. The Bertz CT molecular complexity index is 433. The number of hydrogen-bond donors (Lipinski definition) is 1. The Morgan fingerprint density at radius 3 is 2.71 bits per heavy atom. The zero-order valence-electron chi connectivity index (χ0n) is 9.51. The van der Waals surface area contributed by atoms with Gasteiger partial charge in [-0.15, -0.1) is 12.4 Å². The highest BCUT2D eigenvalue weighted by atomic mass is 35.5. The van der Waals surface area contributed by atoms with Crippen molar-refractivity contribution in [3.05, 3.63) is 33.9 Å². The van der Waals surface area contributed by atoms with Gasteiger partial charge in [-0.3, -0.25) is 10.1 Å². The predicted molar refractivity (Wildman–Crippen MR) is 66.7 cm³/mol. The summed E-state index contributed by atoms with van der Waals surface area (Å²) < 4.78 is 5.53. The summed E-state index contributed by atoms with van der Waals surface area (Å²) >= 11 is 0. The van der Waals surface area contributed by atoms with E-state index in [4.69, 9.17) is 10.5 Å². The number of rotatable bonds is 4. The summed E-state index contributed by atoms with van der Waals surface area (Å²) in [5, 5.41) is 10.6. The van der Waals surface area contributed by atoms with E-state index in [1.54, 1.807) is 6.07 Å². The molecule has 1 aromatic carbocycles. The number of nitrogens with zero attached hydrogens (tertiary/aromatic N) is 1. The SMILES string of the molecule is Cc1ccc([N+](=O)[O-])cc1OCC1(N)CC1.Cl. The summed E-state index contributed by atoms with van der Waals surface area (Å²) in [4.78, 5) is 10.2. The molecule has 0 bridgehead atoms.